The smallest absolute Gasteiger partial charge is 0.316 e. The number of pyridine rings is 1. The van der Waals surface area contributed by atoms with E-state index in [4.69, 9.17) is 5.73 Å². The van der Waals surface area contributed by atoms with Crippen LogP contribution < -0.4 is 15.8 Å². The lowest BCUT2D eigenvalue weighted by molar-refractivity contribution is 0.217. The van der Waals surface area contributed by atoms with Crippen LogP contribution in [0.3, 0.4) is 0 Å². The van der Waals surface area contributed by atoms with Crippen molar-refractivity contribution in [3.05, 3.63) is 18.3 Å². The van der Waals surface area contributed by atoms with Gasteiger partial charge >= 0.3 is 6.03 Å². The molecule has 1 heterocycles. The molecule has 0 saturated heterocycles. The first-order chi connectivity index (χ1) is 8.84. The van der Waals surface area contributed by atoms with Crippen molar-refractivity contribution in [3.63, 3.8) is 0 Å². The van der Waals surface area contributed by atoms with Gasteiger partial charge in [0.2, 0.25) is 0 Å². The van der Waals surface area contributed by atoms with E-state index in [1.807, 2.05) is 0 Å². The molecule has 0 aliphatic rings. The molecule has 0 unspecified atom stereocenters. The molecule has 0 spiro atoms. The van der Waals surface area contributed by atoms with Crippen LogP contribution in [0.25, 0.3) is 0 Å². The SMILES string of the molecule is CN(C)C(=O)NCCNS(=O)(=O)c1ncccc1N. The van der Waals surface area contributed by atoms with E-state index in [2.05, 4.69) is 15.0 Å². The van der Waals surface area contributed by atoms with Gasteiger partial charge in [-0.25, -0.2) is 22.9 Å². The minimum atomic E-state index is -3.76. The molecule has 0 bridgehead atoms. The van der Waals surface area contributed by atoms with Crippen LogP contribution in [0.1, 0.15) is 0 Å². The summed E-state index contributed by atoms with van der Waals surface area (Å²) in [5, 5.41) is 2.32. The maximum Gasteiger partial charge on any atom is 0.316 e. The minimum Gasteiger partial charge on any atom is -0.396 e. The predicted octanol–water partition coefficient (Wildman–Crippen LogP) is -0.787. The zero-order chi connectivity index (χ0) is 14.5. The summed E-state index contributed by atoms with van der Waals surface area (Å²) in [7, 11) is -0.577. The van der Waals surface area contributed by atoms with E-state index in [1.165, 1.54) is 17.2 Å². The van der Waals surface area contributed by atoms with E-state index >= 15 is 0 Å². The quantitative estimate of drug-likeness (QED) is 0.614. The monoisotopic (exact) mass is 287 g/mol. The van der Waals surface area contributed by atoms with Crippen molar-refractivity contribution in [1.82, 2.24) is 19.9 Å². The highest BCUT2D eigenvalue weighted by Crippen LogP contribution is 2.12. The summed E-state index contributed by atoms with van der Waals surface area (Å²) in [6, 6.07) is 2.71. The van der Waals surface area contributed by atoms with E-state index in [9.17, 15) is 13.2 Å². The van der Waals surface area contributed by atoms with Crippen LogP contribution in [0.15, 0.2) is 23.4 Å². The Morgan fingerprint density at radius 2 is 2.11 bits per heavy atom. The normalized spacial score (nSPS) is 11.1. The summed E-state index contributed by atoms with van der Waals surface area (Å²) in [5.74, 6) is 0. The lowest BCUT2D eigenvalue weighted by atomic mass is 10.4. The van der Waals surface area contributed by atoms with E-state index in [0.717, 1.165) is 0 Å². The maximum absolute atomic E-state index is 11.9. The van der Waals surface area contributed by atoms with Crippen molar-refractivity contribution in [2.75, 3.05) is 32.9 Å². The third-order valence-corrected chi connectivity index (χ3v) is 3.59. The van der Waals surface area contributed by atoms with E-state index < -0.39 is 10.0 Å². The molecule has 0 atom stereocenters. The number of nitrogens with zero attached hydrogens (tertiary/aromatic N) is 2. The average molecular weight is 287 g/mol. The van der Waals surface area contributed by atoms with E-state index in [0.29, 0.717) is 0 Å². The van der Waals surface area contributed by atoms with Crippen LogP contribution >= 0.6 is 0 Å². The highest BCUT2D eigenvalue weighted by atomic mass is 32.2. The highest BCUT2D eigenvalue weighted by molar-refractivity contribution is 7.89. The number of rotatable bonds is 5. The summed E-state index contributed by atoms with van der Waals surface area (Å²) in [4.78, 5) is 16.3. The van der Waals surface area contributed by atoms with Crippen LogP contribution in [0.2, 0.25) is 0 Å². The number of anilines is 1. The van der Waals surface area contributed by atoms with Crippen LogP contribution in [-0.4, -0.2) is 51.5 Å². The van der Waals surface area contributed by atoms with Gasteiger partial charge in [0.25, 0.3) is 10.0 Å². The molecule has 0 aromatic carbocycles. The molecule has 8 nitrogen and oxygen atoms in total. The number of aromatic nitrogens is 1. The van der Waals surface area contributed by atoms with Gasteiger partial charge in [0, 0.05) is 33.4 Å². The molecule has 19 heavy (non-hydrogen) atoms. The van der Waals surface area contributed by atoms with Gasteiger partial charge in [-0.15, -0.1) is 0 Å². The van der Waals surface area contributed by atoms with Crippen LogP contribution in [0.4, 0.5) is 10.5 Å². The zero-order valence-electron chi connectivity index (χ0n) is 10.8. The maximum atomic E-state index is 11.9. The first kappa shape index (κ1) is 15.2. The first-order valence-corrected chi connectivity index (χ1v) is 6.98. The topological polar surface area (TPSA) is 117 Å². The van der Waals surface area contributed by atoms with Gasteiger partial charge in [-0.05, 0) is 12.1 Å². The van der Waals surface area contributed by atoms with E-state index in [1.54, 1.807) is 20.2 Å². The number of hydrogen-bond acceptors (Lipinski definition) is 5. The zero-order valence-corrected chi connectivity index (χ0v) is 11.6. The minimum absolute atomic E-state index is 0.0535. The fourth-order valence-corrected chi connectivity index (χ4v) is 2.29. The van der Waals surface area contributed by atoms with Gasteiger partial charge in [0.05, 0.1) is 5.69 Å². The number of nitrogens with two attached hydrogens (primary N) is 1. The van der Waals surface area contributed by atoms with Gasteiger partial charge in [-0.2, -0.15) is 0 Å². The van der Waals surface area contributed by atoms with Crippen molar-refractivity contribution in [3.8, 4) is 0 Å². The Morgan fingerprint density at radius 1 is 1.42 bits per heavy atom. The van der Waals surface area contributed by atoms with Crippen LogP contribution in [0.5, 0.6) is 0 Å². The Labute approximate surface area is 112 Å². The molecule has 0 aliphatic carbocycles. The molecule has 0 aliphatic heterocycles. The molecule has 1 rings (SSSR count). The Morgan fingerprint density at radius 3 is 2.68 bits per heavy atom. The lowest BCUT2D eigenvalue weighted by Gasteiger charge is -2.12. The standard InChI is InChI=1S/C10H17N5O3S/c1-15(2)10(16)13-6-7-14-19(17,18)9-8(11)4-3-5-12-9/h3-5,14H,6-7,11H2,1-2H3,(H,13,16). The third-order valence-electron chi connectivity index (χ3n) is 2.15. The van der Waals surface area contributed by atoms with Gasteiger partial charge in [0.15, 0.2) is 5.03 Å². The second kappa shape index (κ2) is 6.34. The number of nitrogens with one attached hydrogen (secondary N) is 2. The van der Waals surface area contributed by atoms with Gasteiger partial charge in [-0.3, -0.25) is 0 Å². The Hall–Kier alpha value is -1.87. The summed E-state index contributed by atoms with van der Waals surface area (Å²) in [6.45, 7) is 0.223. The summed E-state index contributed by atoms with van der Waals surface area (Å²) < 4.78 is 26.0. The van der Waals surface area contributed by atoms with Crippen LogP contribution in [-0.2, 0) is 10.0 Å². The number of hydrogen-bond donors (Lipinski definition) is 3. The highest BCUT2D eigenvalue weighted by Gasteiger charge is 2.17. The molecule has 9 heteroatoms. The second-order valence-electron chi connectivity index (χ2n) is 3.92. The lowest BCUT2D eigenvalue weighted by Crippen LogP contribution is -2.39. The molecule has 1 aromatic heterocycles. The number of urea groups is 1. The molecule has 4 N–H and O–H groups in total. The summed E-state index contributed by atoms with van der Waals surface area (Å²) in [6.07, 6.45) is 1.35. The number of carbonyl (C=O) groups is 1. The largest absolute Gasteiger partial charge is 0.396 e. The average Bonchev–Trinajstić information content (AvgIpc) is 2.34. The first-order valence-electron chi connectivity index (χ1n) is 5.50. The molecule has 0 saturated carbocycles. The third kappa shape index (κ3) is 4.38. The number of amides is 2. The van der Waals surface area contributed by atoms with Crippen molar-refractivity contribution in [2.24, 2.45) is 0 Å². The summed E-state index contributed by atoms with van der Waals surface area (Å²) in [5.41, 5.74) is 5.62. The van der Waals surface area contributed by atoms with Crippen molar-refractivity contribution < 1.29 is 13.2 Å². The predicted molar refractivity (Wildman–Crippen MR) is 70.9 cm³/mol. The Kier molecular flexibility index (Phi) is 5.07. The molecule has 106 valence electrons. The van der Waals surface area contributed by atoms with Crippen molar-refractivity contribution in [2.45, 2.75) is 5.03 Å². The summed E-state index contributed by atoms with van der Waals surface area (Å²) >= 11 is 0. The second-order valence-corrected chi connectivity index (χ2v) is 5.60. The molecule has 2 amide bonds. The molecular weight excluding hydrogens is 270 g/mol. The molecule has 1 aromatic rings. The van der Waals surface area contributed by atoms with Gasteiger partial charge < -0.3 is 16.0 Å². The van der Waals surface area contributed by atoms with E-state index in [-0.39, 0.29) is 29.8 Å². The van der Waals surface area contributed by atoms with Crippen LogP contribution in [0, 0.1) is 0 Å². The van der Waals surface area contributed by atoms with Crippen molar-refractivity contribution in [1.29, 1.82) is 0 Å². The van der Waals surface area contributed by atoms with Gasteiger partial charge in [0.1, 0.15) is 0 Å². The van der Waals surface area contributed by atoms with Crippen molar-refractivity contribution >= 4 is 21.7 Å². The Bertz CT molecular complexity index is 544. The molecule has 0 fully saturated rings. The Balaban J connectivity index is 2.53. The number of sulfonamides is 1. The number of carbonyl (C=O) groups excluding carboxylic acids is 1. The molecular formula is C10H17N5O3S. The van der Waals surface area contributed by atoms with Gasteiger partial charge in [-0.1, -0.05) is 0 Å². The fraction of sp³-hybridized carbons (Fsp3) is 0.400. The fourth-order valence-electron chi connectivity index (χ4n) is 1.21. The molecule has 0 radical (unpaired) electrons. The number of nitrogen functional groups attached to an aromatic ring is 1.